The maximum absolute atomic E-state index is 12.8. The van der Waals surface area contributed by atoms with E-state index in [1.54, 1.807) is 0 Å². The van der Waals surface area contributed by atoms with Crippen molar-refractivity contribution in [1.82, 2.24) is 0 Å². The van der Waals surface area contributed by atoms with Gasteiger partial charge < -0.3 is 5.11 Å². The topological polar surface area (TPSA) is 54.4 Å². The molecule has 0 aromatic carbocycles. The maximum Gasteiger partial charge on any atom is 0.159 e. The van der Waals surface area contributed by atoms with Crippen molar-refractivity contribution in [3.05, 3.63) is 11.6 Å². The molecule has 3 nitrogen and oxygen atoms in total. The Morgan fingerprint density at radius 3 is 2.62 bits per heavy atom. The van der Waals surface area contributed by atoms with Crippen molar-refractivity contribution in [3.63, 3.8) is 0 Å². The van der Waals surface area contributed by atoms with Crippen LogP contribution in [0.3, 0.4) is 0 Å². The van der Waals surface area contributed by atoms with Gasteiger partial charge >= 0.3 is 0 Å². The molecule has 5 heteroatoms. The lowest BCUT2D eigenvalue weighted by atomic mass is 9.46. The third-order valence-electron chi connectivity index (χ3n) is 8.63. The lowest BCUT2D eigenvalue weighted by Gasteiger charge is -2.59. The Labute approximate surface area is 183 Å². The van der Waals surface area contributed by atoms with E-state index in [4.69, 9.17) is 0 Å². The first-order chi connectivity index (χ1) is 12.2. The number of aliphatic hydroxyl groups is 1. The molecule has 0 spiro atoms. The zero-order chi connectivity index (χ0) is 18.9. The van der Waals surface area contributed by atoms with Crippen molar-refractivity contribution < 1.29 is 14.7 Å². The number of hydrogen-bond donors (Lipinski definition) is 1. The molecule has 4 aliphatic carbocycles. The molecule has 1 unspecified atom stereocenters. The zero-order valence-corrected chi connectivity index (χ0v) is 19.8. The fraction of sp³-hybridized carbons (Fsp3) is 0.810. The van der Waals surface area contributed by atoms with E-state index in [0.717, 1.165) is 38.5 Å². The quantitative estimate of drug-likeness (QED) is 0.374. The summed E-state index contributed by atoms with van der Waals surface area (Å²) < 4.78 is 0.0630. The second kappa shape index (κ2) is 6.78. The summed E-state index contributed by atoms with van der Waals surface area (Å²) in [6, 6.07) is 0. The highest BCUT2D eigenvalue weighted by molar-refractivity contribution is 14.2. The molecule has 0 saturated heterocycles. The number of alkyl halides is 2. The third-order valence-corrected chi connectivity index (χ3v) is 9.85. The van der Waals surface area contributed by atoms with E-state index >= 15 is 0 Å². The highest BCUT2D eigenvalue weighted by Gasteiger charge is 2.61. The van der Waals surface area contributed by atoms with Crippen LogP contribution in [0.4, 0.5) is 0 Å². The van der Waals surface area contributed by atoms with Crippen LogP contribution in [0.5, 0.6) is 0 Å². The van der Waals surface area contributed by atoms with Crippen LogP contribution in [0.15, 0.2) is 11.6 Å². The van der Waals surface area contributed by atoms with E-state index in [2.05, 4.69) is 59.0 Å². The first-order valence-corrected chi connectivity index (χ1v) is 12.4. The summed E-state index contributed by atoms with van der Waals surface area (Å²) >= 11 is 4.52. The fourth-order valence-corrected chi connectivity index (χ4v) is 8.10. The van der Waals surface area contributed by atoms with Gasteiger partial charge in [0.15, 0.2) is 11.6 Å². The molecule has 3 fully saturated rings. The molecule has 0 heterocycles. The number of ketones is 2. The molecular weight excluding hydrogens is 554 g/mol. The van der Waals surface area contributed by atoms with Crippen molar-refractivity contribution >= 4 is 56.7 Å². The number of fused-ring (bicyclic) bond motifs is 5. The van der Waals surface area contributed by atoms with Crippen molar-refractivity contribution in [1.29, 1.82) is 0 Å². The van der Waals surface area contributed by atoms with Gasteiger partial charge in [-0.3, -0.25) is 9.59 Å². The summed E-state index contributed by atoms with van der Waals surface area (Å²) in [7, 11) is 0. The predicted molar refractivity (Wildman–Crippen MR) is 118 cm³/mol. The molecule has 0 aromatic heterocycles. The van der Waals surface area contributed by atoms with E-state index in [-0.39, 0.29) is 30.9 Å². The molecule has 0 aromatic rings. The molecule has 0 radical (unpaired) electrons. The summed E-state index contributed by atoms with van der Waals surface area (Å²) in [5.41, 5.74) is 1.08. The van der Waals surface area contributed by atoms with E-state index in [1.807, 2.05) is 6.08 Å². The Morgan fingerprint density at radius 1 is 1.19 bits per heavy atom. The minimum Gasteiger partial charge on any atom is -0.392 e. The predicted octanol–water partition coefficient (Wildman–Crippen LogP) is 4.87. The van der Waals surface area contributed by atoms with Crippen LogP contribution in [0.1, 0.15) is 58.8 Å². The number of rotatable bonds is 2. The average molecular weight is 582 g/mol. The zero-order valence-electron chi connectivity index (χ0n) is 15.5. The summed E-state index contributed by atoms with van der Waals surface area (Å²) in [5, 5.41) is 10.9. The second-order valence-corrected chi connectivity index (χ2v) is 14.3. The summed E-state index contributed by atoms with van der Waals surface area (Å²) in [4.78, 5) is 24.8. The minimum absolute atomic E-state index is 0.0630. The van der Waals surface area contributed by atoms with Crippen LogP contribution in [0.2, 0.25) is 0 Å². The van der Waals surface area contributed by atoms with Gasteiger partial charge in [-0.05, 0) is 67.8 Å². The highest BCUT2D eigenvalue weighted by Crippen LogP contribution is 2.66. The number of Topliss-reactive ketones (excluding diaryl/α,β-unsaturated/α-hetero) is 1. The number of carbonyl (C=O) groups is 2. The van der Waals surface area contributed by atoms with E-state index < -0.39 is 6.10 Å². The maximum atomic E-state index is 12.8. The highest BCUT2D eigenvalue weighted by atomic mass is 127. The normalized spacial score (nSPS) is 47.8. The molecule has 3 saturated carbocycles. The van der Waals surface area contributed by atoms with E-state index in [0.29, 0.717) is 23.5 Å². The van der Waals surface area contributed by atoms with Gasteiger partial charge in [-0.1, -0.05) is 64.6 Å². The van der Waals surface area contributed by atoms with Crippen LogP contribution < -0.4 is 0 Å². The van der Waals surface area contributed by atoms with Crippen LogP contribution >= 0.6 is 45.2 Å². The fourth-order valence-electron chi connectivity index (χ4n) is 7.23. The summed E-state index contributed by atoms with van der Waals surface area (Å²) in [6.07, 6.45) is 7.97. The van der Waals surface area contributed by atoms with E-state index in [9.17, 15) is 14.7 Å². The Bertz CT molecular complexity index is 672. The van der Waals surface area contributed by atoms with Gasteiger partial charge in [0.2, 0.25) is 0 Å². The molecule has 26 heavy (non-hydrogen) atoms. The summed E-state index contributed by atoms with van der Waals surface area (Å²) in [6.45, 7) is 4.58. The monoisotopic (exact) mass is 582 g/mol. The lowest BCUT2D eigenvalue weighted by Crippen LogP contribution is -2.55. The van der Waals surface area contributed by atoms with Gasteiger partial charge in [0.25, 0.3) is 0 Å². The van der Waals surface area contributed by atoms with Gasteiger partial charge in [-0.2, -0.15) is 0 Å². The lowest BCUT2D eigenvalue weighted by molar-refractivity contribution is -0.134. The van der Waals surface area contributed by atoms with Crippen LogP contribution in [0.25, 0.3) is 0 Å². The largest absolute Gasteiger partial charge is 0.392 e. The van der Waals surface area contributed by atoms with Crippen LogP contribution in [-0.2, 0) is 9.59 Å². The van der Waals surface area contributed by atoms with Gasteiger partial charge in [0.1, 0.15) is 1.93 Å². The molecule has 4 rings (SSSR count). The van der Waals surface area contributed by atoms with Gasteiger partial charge in [0.05, 0.1) is 6.10 Å². The molecule has 0 amide bonds. The Hall–Kier alpha value is 0.500. The third kappa shape index (κ3) is 2.72. The molecule has 1 N–H and O–H groups in total. The average Bonchev–Trinajstić information content (AvgIpc) is 2.92. The van der Waals surface area contributed by atoms with Crippen molar-refractivity contribution in [2.24, 2.45) is 34.5 Å². The summed E-state index contributed by atoms with van der Waals surface area (Å²) in [5.74, 6) is 2.34. The van der Waals surface area contributed by atoms with Crippen LogP contribution in [-0.4, -0.2) is 24.7 Å². The molecule has 7 atom stereocenters. The van der Waals surface area contributed by atoms with Crippen molar-refractivity contribution in [2.75, 3.05) is 0 Å². The van der Waals surface area contributed by atoms with Gasteiger partial charge in [-0.15, -0.1) is 0 Å². The SMILES string of the molecule is C[C@]12CC[C@H]3[C@@H](CCC4=CC(=O)CC(O)[C@@]43C)[C@@H]1CC[C@@H]2C(=O)C(I)I. The first-order valence-electron chi connectivity index (χ1n) is 9.93. The number of halogens is 2. The number of hydrogen-bond acceptors (Lipinski definition) is 3. The van der Waals surface area contributed by atoms with Gasteiger partial charge in [0, 0.05) is 17.8 Å². The van der Waals surface area contributed by atoms with Gasteiger partial charge in [-0.25, -0.2) is 0 Å². The number of carbonyl (C=O) groups excluding carboxylic acids is 2. The standard InChI is InChI=1S/C21H28I2O3/c1-20-8-7-15-13(14(20)5-6-16(20)18(26)19(22)23)4-3-11-9-12(24)10-17(25)21(11,15)2/h9,13-17,19,25H,3-8,10H2,1-2H3/t13-,14-,15-,16+,17?,20-,21-/m0/s1. The number of aliphatic hydroxyl groups excluding tert-OH is 1. The smallest absolute Gasteiger partial charge is 0.159 e. The van der Waals surface area contributed by atoms with Crippen LogP contribution in [0, 0.1) is 34.5 Å². The van der Waals surface area contributed by atoms with Crippen molar-refractivity contribution in [2.45, 2.75) is 66.8 Å². The van der Waals surface area contributed by atoms with E-state index in [1.165, 1.54) is 5.57 Å². The Balaban J connectivity index is 1.66. The molecule has 0 bridgehead atoms. The Kier molecular flexibility index (Phi) is 5.17. The van der Waals surface area contributed by atoms with Crippen molar-refractivity contribution in [3.8, 4) is 0 Å². The Morgan fingerprint density at radius 2 is 1.92 bits per heavy atom. The molecular formula is C21H28I2O3. The first kappa shape index (κ1) is 19.8. The minimum atomic E-state index is -0.543. The second-order valence-electron chi connectivity index (χ2n) is 9.43. The molecule has 144 valence electrons. The molecule has 0 aliphatic heterocycles. The molecule has 4 aliphatic rings.